The topological polar surface area (TPSA) is 135 Å². The molecule has 1 fully saturated rings. The molecule has 0 amide bonds. The molecule has 4 heterocycles. The predicted octanol–water partition coefficient (Wildman–Crippen LogP) is 1.98. The predicted molar refractivity (Wildman–Crippen MR) is 123 cm³/mol. The Balaban J connectivity index is 1.37. The molecule has 2 aromatic heterocycles. The van der Waals surface area contributed by atoms with Crippen LogP contribution >= 0.6 is 11.6 Å². The number of sulfone groups is 1. The van der Waals surface area contributed by atoms with E-state index in [0.717, 1.165) is 16.7 Å². The number of fused-ring (bicyclic) bond motifs is 1. The maximum absolute atomic E-state index is 11.6. The van der Waals surface area contributed by atoms with Crippen molar-refractivity contribution in [1.82, 2.24) is 15.0 Å². The fourth-order valence-corrected chi connectivity index (χ4v) is 5.41. The van der Waals surface area contributed by atoms with Gasteiger partial charge < -0.3 is 24.7 Å². The number of hydrogen-bond donors (Lipinski definition) is 3. The van der Waals surface area contributed by atoms with Crippen molar-refractivity contribution < 1.29 is 28.1 Å². The minimum absolute atomic E-state index is 0.0718. The minimum atomic E-state index is -2.97. The van der Waals surface area contributed by atoms with Gasteiger partial charge in [-0.25, -0.2) is 13.4 Å². The Morgan fingerprint density at radius 2 is 1.97 bits per heavy atom. The molecule has 0 radical (unpaired) electrons. The highest BCUT2D eigenvalue weighted by atomic mass is 35.5. The highest BCUT2D eigenvalue weighted by Crippen LogP contribution is 2.32. The van der Waals surface area contributed by atoms with E-state index >= 15 is 0 Å². The summed E-state index contributed by atoms with van der Waals surface area (Å²) in [4.78, 5) is 11.9. The first-order valence-electron chi connectivity index (χ1n) is 10.5. The van der Waals surface area contributed by atoms with Crippen molar-refractivity contribution in [2.75, 3.05) is 24.7 Å². The van der Waals surface area contributed by atoms with Crippen molar-refractivity contribution in [3.63, 3.8) is 0 Å². The number of halogens is 1. The van der Waals surface area contributed by atoms with Crippen molar-refractivity contribution >= 4 is 38.2 Å². The zero-order chi connectivity index (χ0) is 23.2. The van der Waals surface area contributed by atoms with E-state index < -0.39 is 28.1 Å². The second kappa shape index (κ2) is 8.69. The van der Waals surface area contributed by atoms with E-state index in [2.05, 4.69) is 15.0 Å². The van der Waals surface area contributed by atoms with Crippen LogP contribution in [0.15, 0.2) is 36.4 Å². The zero-order valence-electron chi connectivity index (χ0n) is 17.4. The molecule has 33 heavy (non-hydrogen) atoms. The fourth-order valence-electron chi connectivity index (χ4n) is 4.00. The number of aromatic nitrogens is 3. The molecule has 1 aromatic carbocycles. The van der Waals surface area contributed by atoms with Gasteiger partial charge in [0.1, 0.15) is 12.2 Å². The molecule has 5 rings (SSSR count). The van der Waals surface area contributed by atoms with E-state index in [4.69, 9.17) is 21.1 Å². The number of ether oxygens (including phenoxy) is 2. The third kappa shape index (κ3) is 4.49. The van der Waals surface area contributed by atoms with Crippen molar-refractivity contribution in [1.29, 1.82) is 0 Å². The molecule has 3 atom stereocenters. The molecule has 2 aliphatic heterocycles. The normalized spacial score (nSPS) is 24.7. The number of hydrogen-bond acceptors (Lipinski definition) is 8. The lowest BCUT2D eigenvalue weighted by Crippen LogP contribution is -2.36. The van der Waals surface area contributed by atoms with E-state index in [0.29, 0.717) is 28.3 Å². The van der Waals surface area contributed by atoms with Crippen LogP contribution in [-0.2, 0) is 14.6 Å². The largest absolute Gasteiger partial charge is 0.456 e. The Morgan fingerprint density at radius 1 is 1.21 bits per heavy atom. The second-order valence-corrected chi connectivity index (χ2v) is 10.7. The number of rotatable bonds is 5. The van der Waals surface area contributed by atoms with E-state index in [1.165, 1.54) is 0 Å². The molecule has 3 aromatic rings. The van der Waals surface area contributed by atoms with Crippen LogP contribution in [0.4, 0.5) is 0 Å². The average Bonchev–Trinajstić information content (AvgIpc) is 3.35. The number of H-pyrrole nitrogens is 1. The molecule has 9 nitrogen and oxygen atoms in total. The molecule has 174 valence electrons. The van der Waals surface area contributed by atoms with Gasteiger partial charge in [-0.1, -0.05) is 41.9 Å². The van der Waals surface area contributed by atoms with Crippen LogP contribution in [0.2, 0.25) is 5.02 Å². The number of aliphatic hydroxyl groups is 2. The molecule has 2 aliphatic rings. The van der Waals surface area contributed by atoms with Crippen LogP contribution in [0.25, 0.3) is 28.0 Å². The number of allylic oxidation sites excluding steroid dienone is 1. The van der Waals surface area contributed by atoms with Crippen molar-refractivity contribution in [3.05, 3.63) is 47.0 Å². The maximum atomic E-state index is 11.6. The van der Waals surface area contributed by atoms with Gasteiger partial charge in [0.15, 0.2) is 21.6 Å². The monoisotopic (exact) mass is 491 g/mol. The van der Waals surface area contributed by atoms with Crippen molar-refractivity contribution in [3.8, 4) is 17.3 Å². The molecule has 3 N–H and O–H groups in total. The molecule has 0 aliphatic carbocycles. The molecular weight excluding hydrogens is 470 g/mol. The highest BCUT2D eigenvalue weighted by Gasteiger charge is 2.37. The Kier molecular flexibility index (Phi) is 5.87. The van der Waals surface area contributed by atoms with Gasteiger partial charge in [-0.3, -0.25) is 0 Å². The summed E-state index contributed by atoms with van der Waals surface area (Å²) >= 11 is 6.48. The van der Waals surface area contributed by atoms with Gasteiger partial charge in [0.2, 0.25) is 0 Å². The molecule has 0 saturated carbocycles. The van der Waals surface area contributed by atoms with Gasteiger partial charge in [-0.2, -0.15) is 4.98 Å². The summed E-state index contributed by atoms with van der Waals surface area (Å²) in [7, 11) is -2.97. The smallest absolute Gasteiger partial charge is 0.296 e. The van der Waals surface area contributed by atoms with E-state index in [1.807, 2.05) is 24.3 Å². The number of nitrogens with zero attached hydrogens (tertiary/aromatic N) is 2. The van der Waals surface area contributed by atoms with E-state index in [9.17, 15) is 18.6 Å². The standard InChI is InChI=1S/C22H22ClN3O6S/c23-15-9-16-21(26-22(24-16)32-18-11-31-17(10-27)20(18)28)25-19(15)14-3-1-12(2-4-14)13-5-7-33(29,30)8-6-13/h1-5,9,17-18,20,27-28H,6-8,10-11H2,(H,24,25,26)/t17-,18-,20-/m1/s1. The summed E-state index contributed by atoms with van der Waals surface area (Å²) in [6.07, 6.45) is -0.0358. The van der Waals surface area contributed by atoms with Gasteiger partial charge >= 0.3 is 0 Å². The lowest BCUT2D eigenvalue weighted by atomic mass is 10.0. The maximum Gasteiger partial charge on any atom is 0.296 e. The summed E-state index contributed by atoms with van der Waals surface area (Å²) < 4.78 is 34.3. The lowest BCUT2D eigenvalue weighted by Gasteiger charge is -2.15. The Hall–Kier alpha value is -2.50. The number of imidazole rings is 1. The van der Waals surface area contributed by atoms with Gasteiger partial charge in [-0.05, 0) is 23.6 Å². The Morgan fingerprint density at radius 3 is 2.64 bits per heavy atom. The summed E-state index contributed by atoms with van der Waals surface area (Å²) in [5.74, 6) is 0.237. The van der Waals surface area contributed by atoms with Gasteiger partial charge in [0, 0.05) is 5.56 Å². The lowest BCUT2D eigenvalue weighted by molar-refractivity contribution is -0.00390. The third-order valence-corrected chi connectivity index (χ3v) is 7.67. The average molecular weight is 492 g/mol. The summed E-state index contributed by atoms with van der Waals surface area (Å²) in [6, 6.07) is 9.53. The molecule has 11 heteroatoms. The van der Waals surface area contributed by atoms with Crippen LogP contribution in [-0.4, -0.2) is 76.6 Å². The first-order chi connectivity index (χ1) is 15.8. The quantitative estimate of drug-likeness (QED) is 0.493. The van der Waals surface area contributed by atoms with Gasteiger partial charge in [0.25, 0.3) is 6.01 Å². The first kappa shape index (κ1) is 22.3. The third-order valence-electron chi connectivity index (χ3n) is 5.88. The van der Waals surface area contributed by atoms with Crippen LogP contribution in [0.3, 0.4) is 0 Å². The first-order valence-corrected chi connectivity index (χ1v) is 12.7. The number of pyridine rings is 1. The van der Waals surface area contributed by atoms with Crippen LogP contribution in [0.5, 0.6) is 6.01 Å². The Labute approximate surface area is 195 Å². The van der Waals surface area contributed by atoms with E-state index in [1.54, 1.807) is 12.1 Å². The second-order valence-electron chi connectivity index (χ2n) is 8.10. The molecular formula is C22H22ClN3O6S. The number of aromatic amines is 1. The minimum Gasteiger partial charge on any atom is -0.456 e. The SMILES string of the molecule is O=S1(=O)CC=C(c2ccc(-c3nc4nc(O[C@@H]5CO[C@H](CO)[C@H]5O)[nH]c4cc3Cl)cc2)CC1. The summed E-state index contributed by atoms with van der Waals surface area (Å²) in [6.45, 7) is -0.158. The zero-order valence-corrected chi connectivity index (χ0v) is 19.0. The number of nitrogens with one attached hydrogen (secondary N) is 1. The highest BCUT2D eigenvalue weighted by molar-refractivity contribution is 7.91. The van der Waals surface area contributed by atoms with Crippen LogP contribution < -0.4 is 4.74 Å². The van der Waals surface area contributed by atoms with Crippen molar-refractivity contribution in [2.24, 2.45) is 0 Å². The van der Waals surface area contributed by atoms with E-state index in [-0.39, 0.29) is 30.7 Å². The molecule has 1 saturated heterocycles. The number of aliphatic hydroxyl groups excluding tert-OH is 2. The van der Waals surface area contributed by atoms with Crippen LogP contribution in [0, 0.1) is 0 Å². The molecule has 0 unspecified atom stereocenters. The molecule has 0 bridgehead atoms. The summed E-state index contributed by atoms with van der Waals surface area (Å²) in [5, 5.41) is 19.8. The fraction of sp³-hybridized carbons (Fsp3) is 0.364. The van der Waals surface area contributed by atoms with Gasteiger partial charge in [0.05, 0.1) is 41.0 Å². The molecule has 0 spiro atoms. The number of benzene rings is 1. The van der Waals surface area contributed by atoms with Crippen molar-refractivity contribution in [2.45, 2.75) is 24.7 Å². The summed E-state index contributed by atoms with van der Waals surface area (Å²) in [5.41, 5.74) is 4.32. The van der Waals surface area contributed by atoms with Gasteiger partial charge in [-0.15, -0.1) is 0 Å². The van der Waals surface area contributed by atoms with Crippen LogP contribution in [0.1, 0.15) is 12.0 Å². The Bertz CT molecular complexity index is 1320.